The van der Waals surface area contributed by atoms with Crippen LogP contribution in [-0.2, 0) is 26.1 Å². The van der Waals surface area contributed by atoms with Crippen molar-refractivity contribution >= 4 is 27.3 Å². The summed E-state index contributed by atoms with van der Waals surface area (Å²) >= 11 is 0. The lowest BCUT2D eigenvalue weighted by Crippen LogP contribution is -2.38. The molecule has 8 heteroatoms. The van der Waals surface area contributed by atoms with Gasteiger partial charge in [-0.15, -0.1) is 0 Å². The molecular weight excluding hydrogens is 390 g/mol. The second-order valence-electron chi connectivity index (χ2n) is 7.21. The van der Waals surface area contributed by atoms with Crippen LogP contribution in [0.4, 0.5) is 5.69 Å². The van der Waals surface area contributed by atoms with Crippen LogP contribution in [0.1, 0.15) is 25.0 Å². The topological polar surface area (TPSA) is 79.3 Å². The third-order valence-corrected chi connectivity index (χ3v) is 6.75. The first-order valence-electron chi connectivity index (χ1n) is 9.31. The monoisotopic (exact) mass is 415 g/mol. The highest BCUT2D eigenvalue weighted by molar-refractivity contribution is 7.89. The lowest BCUT2D eigenvalue weighted by molar-refractivity contribution is -0.123. The quantitative estimate of drug-likeness (QED) is 0.537. The SMILES string of the molecule is C/C(=N/OCC(=O)N1c2ccccc2C[C@H]1C)c1ccc(S(=O)(=O)N(C)C)cc1. The van der Waals surface area contributed by atoms with Gasteiger partial charge in [0.05, 0.1) is 10.6 Å². The maximum absolute atomic E-state index is 12.6. The average Bonchev–Trinajstić information content (AvgIpc) is 3.03. The fraction of sp³-hybridized carbons (Fsp3) is 0.333. The summed E-state index contributed by atoms with van der Waals surface area (Å²) in [4.78, 5) is 19.9. The van der Waals surface area contributed by atoms with Crippen LogP contribution in [0.15, 0.2) is 58.6 Å². The number of para-hydroxylation sites is 1. The number of nitrogens with zero attached hydrogens (tertiary/aromatic N) is 3. The van der Waals surface area contributed by atoms with Crippen molar-refractivity contribution in [3.63, 3.8) is 0 Å². The van der Waals surface area contributed by atoms with Gasteiger partial charge in [-0.25, -0.2) is 12.7 Å². The molecule has 0 N–H and O–H groups in total. The predicted molar refractivity (Wildman–Crippen MR) is 113 cm³/mol. The molecule has 1 amide bonds. The van der Waals surface area contributed by atoms with E-state index in [2.05, 4.69) is 5.16 Å². The lowest BCUT2D eigenvalue weighted by atomic mass is 10.1. The van der Waals surface area contributed by atoms with Gasteiger partial charge >= 0.3 is 0 Å². The highest BCUT2D eigenvalue weighted by Gasteiger charge is 2.30. The number of hydrogen-bond donors (Lipinski definition) is 0. The molecule has 1 aliphatic heterocycles. The maximum Gasteiger partial charge on any atom is 0.268 e. The van der Waals surface area contributed by atoms with E-state index >= 15 is 0 Å². The Balaban J connectivity index is 1.64. The van der Waals surface area contributed by atoms with E-state index < -0.39 is 10.0 Å². The zero-order valence-corrected chi connectivity index (χ0v) is 17.8. The van der Waals surface area contributed by atoms with Gasteiger partial charge in [-0.1, -0.05) is 35.5 Å². The average molecular weight is 416 g/mol. The summed E-state index contributed by atoms with van der Waals surface area (Å²) in [7, 11) is -0.502. The molecule has 0 spiro atoms. The number of anilines is 1. The number of rotatable bonds is 6. The van der Waals surface area contributed by atoms with Crippen molar-refractivity contribution < 1.29 is 18.0 Å². The fourth-order valence-corrected chi connectivity index (χ4v) is 4.23. The molecule has 29 heavy (non-hydrogen) atoms. The Labute approximate surface area is 171 Å². The molecule has 2 aromatic carbocycles. The summed E-state index contributed by atoms with van der Waals surface area (Å²) < 4.78 is 25.4. The summed E-state index contributed by atoms with van der Waals surface area (Å²) in [6.45, 7) is 3.59. The third-order valence-electron chi connectivity index (χ3n) is 4.92. The number of oxime groups is 1. The largest absolute Gasteiger partial charge is 0.385 e. The highest BCUT2D eigenvalue weighted by atomic mass is 32.2. The highest BCUT2D eigenvalue weighted by Crippen LogP contribution is 2.31. The van der Waals surface area contributed by atoms with Gasteiger partial charge in [0.25, 0.3) is 5.91 Å². The van der Waals surface area contributed by atoms with E-state index in [9.17, 15) is 13.2 Å². The van der Waals surface area contributed by atoms with Gasteiger partial charge in [-0.05, 0) is 49.6 Å². The number of benzene rings is 2. The first-order valence-corrected chi connectivity index (χ1v) is 10.8. The Hall–Kier alpha value is -2.71. The second-order valence-corrected chi connectivity index (χ2v) is 9.36. The van der Waals surface area contributed by atoms with Crippen LogP contribution in [-0.4, -0.2) is 51.1 Å². The number of hydrogen-bond acceptors (Lipinski definition) is 5. The predicted octanol–water partition coefficient (Wildman–Crippen LogP) is 2.66. The van der Waals surface area contributed by atoms with E-state index in [1.807, 2.05) is 31.2 Å². The van der Waals surface area contributed by atoms with Crippen molar-refractivity contribution in [3.05, 3.63) is 59.7 Å². The maximum atomic E-state index is 12.6. The van der Waals surface area contributed by atoms with Gasteiger partial charge in [-0.2, -0.15) is 0 Å². The second kappa shape index (κ2) is 8.34. The Morgan fingerprint density at radius 3 is 2.48 bits per heavy atom. The van der Waals surface area contributed by atoms with Crippen molar-refractivity contribution in [1.82, 2.24) is 4.31 Å². The van der Waals surface area contributed by atoms with Gasteiger partial charge in [0.2, 0.25) is 10.0 Å². The van der Waals surface area contributed by atoms with Crippen LogP contribution in [0.2, 0.25) is 0 Å². The Bertz CT molecular complexity index is 1030. The van der Waals surface area contributed by atoms with Crippen LogP contribution in [0.3, 0.4) is 0 Å². The molecular formula is C21H25N3O4S. The molecule has 0 saturated heterocycles. The van der Waals surface area contributed by atoms with E-state index in [0.29, 0.717) is 5.71 Å². The molecule has 0 aliphatic carbocycles. The van der Waals surface area contributed by atoms with Crippen LogP contribution in [0.25, 0.3) is 0 Å². The number of fused-ring (bicyclic) bond motifs is 1. The molecule has 1 atom stereocenters. The molecule has 1 heterocycles. The van der Waals surface area contributed by atoms with Crippen molar-refractivity contribution in [2.75, 3.05) is 25.6 Å². The molecule has 0 fully saturated rings. The van der Waals surface area contributed by atoms with Crippen molar-refractivity contribution in [2.45, 2.75) is 31.2 Å². The molecule has 2 aromatic rings. The van der Waals surface area contributed by atoms with Crippen molar-refractivity contribution in [2.24, 2.45) is 5.16 Å². The standard InChI is InChI=1S/C21H25N3O4S/c1-15-13-18-7-5-6-8-20(18)24(15)21(25)14-28-22-16(2)17-9-11-19(12-10-17)29(26,27)23(3)4/h5-12,15H,13-14H2,1-4H3/b22-16-/t15-/m1/s1. The minimum atomic E-state index is -3.47. The molecule has 3 rings (SSSR count). The molecule has 1 aliphatic rings. The molecule has 7 nitrogen and oxygen atoms in total. The zero-order valence-electron chi connectivity index (χ0n) is 17.0. The van der Waals surface area contributed by atoms with E-state index in [4.69, 9.17) is 4.84 Å². The van der Waals surface area contributed by atoms with E-state index in [0.717, 1.165) is 27.5 Å². The zero-order chi connectivity index (χ0) is 21.2. The van der Waals surface area contributed by atoms with E-state index in [-0.39, 0.29) is 23.5 Å². The summed E-state index contributed by atoms with van der Waals surface area (Å²) in [6.07, 6.45) is 0.826. The molecule has 154 valence electrons. The third kappa shape index (κ3) is 4.33. The van der Waals surface area contributed by atoms with E-state index in [1.54, 1.807) is 24.0 Å². The first kappa shape index (κ1) is 21.0. The summed E-state index contributed by atoms with van der Waals surface area (Å²) in [5.41, 5.74) is 3.35. The summed E-state index contributed by atoms with van der Waals surface area (Å²) in [5.74, 6) is -0.147. The van der Waals surface area contributed by atoms with E-state index in [1.165, 1.54) is 26.2 Å². The lowest BCUT2D eigenvalue weighted by Gasteiger charge is -2.22. The van der Waals surface area contributed by atoms with Gasteiger partial charge in [0.15, 0.2) is 6.61 Å². The smallest absolute Gasteiger partial charge is 0.268 e. The summed E-state index contributed by atoms with van der Waals surface area (Å²) in [5, 5.41) is 4.02. The van der Waals surface area contributed by atoms with Crippen molar-refractivity contribution in [3.8, 4) is 0 Å². The fourth-order valence-electron chi connectivity index (χ4n) is 3.33. The van der Waals surface area contributed by atoms with Crippen LogP contribution in [0, 0.1) is 0 Å². The Kier molecular flexibility index (Phi) is 6.04. The summed E-state index contributed by atoms with van der Waals surface area (Å²) in [6, 6.07) is 14.3. The molecule has 0 unspecified atom stereocenters. The van der Waals surface area contributed by atoms with Gasteiger partial charge in [0, 0.05) is 25.8 Å². The van der Waals surface area contributed by atoms with Gasteiger partial charge in [-0.3, -0.25) is 4.79 Å². The first-order chi connectivity index (χ1) is 13.7. The molecule has 0 bridgehead atoms. The Morgan fingerprint density at radius 2 is 1.83 bits per heavy atom. The number of amides is 1. The number of carbonyl (C=O) groups excluding carboxylic acids is 1. The van der Waals surface area contributed by atoms with Crippen LogP contribution in [0.5, 0.6) is 0 Å². The number of carbonyl (C=O) groups is 1. The van der Waals surface area contributed by atoms with Gasteiger partial charge < -0.3 is 9.74 Å². The molecule has 0 aromatic heterocycles. The minimum Gasteiger partial charge on any atom is -0.385 e. The number of sulfonamides is 1. The Morgan fingerprint density at radius 1 is 1.17 bits per heavy atom. The molecule has 0 saturated carbocycles. The van der Waals surface area contributed by atoms with Crippen molar-refractivity contribution in [1.29, 1.82) is 0 Å². The minimum absolute atomic E-state index is 0.0831. The van der Waals surface area contributed by atoms with Gasteiger partial charge in [0.1, 0.15) is 0 Å². The normalized spacial score (nSPS) is 16.8. The van der Waals surface area contributed by atoms with Crippen LogP contribution >= 0.6 is 0 Å². The molecule has 0 radical (unpaired) electrons. The van der Waals surface area contributed by atoms with Crippen LogP contribution < -0.4 is 4.90 Å².